The largest absolute Gasteiger partial charge is 0.397 e. The predicted octanol–water partition coefficient (Wildman–Crippen LogP) is 1.77. The maximum Gasteiger partial charge on any atom is 0.110 e. The second kappa shape index (κ2) is 4.92. The van der Waals surface area contributed by atoms with Gasteiger partial charge in [0.05, 0.1) is 23.0 Å². The molecule has 1 fully saturated rings. The van der Waals surface area contributed by atoms with Gasteiger partial charge in [-0.2, -0.15) is 0 Å². The fourth-order valence-electron chi connectivity index (χ4n) is 2.58. The van der Waals surface area contributed by atoms with Crippen LogP contribution < -0.4 is 11.1 Å². The van der Waals surface area contributed by atoms with Crippen LogP contribution in [0.5, 0.6) is 0 Å². The summed E-state index contributed by atoms with van der Waals surface area (Å²) in [6.45, 7) is 2.91. The van der Waals surface area contributed by atoms with Crippen molar-refractivity contribution in [3.8, 4) is 0 Å². The molecule has 0 bridgehead atoms. The molecule has 2 aromatic rings. The van der Waals surface area contributed by atoms with Gasteiger partial charge in [0.2, 0.25) is 0 Å². The lowest BCUT2D eigenvalue weighted by molar-refractivity contribution is -0.0175. The molecule has 0 spiro atoms. The van der Waals surface area contributed by atoms with Gasteiger partial charge in [-0.3, -0.25) is 4.98 Å². The predicted molar refractivity (Wildman–Crippen MR) is 79.6 cm³/mol. The van der Waals surface area contributed by atoms with E-state index in [1.165, 1.54) is 0 Å². The van der Waals surface area contributed by atoms with Crippen molar-refractivity contribution in [1.82, 2.24) is 4.98 Å². The number of ether oxygens (including phenoxy) is 1. The number of benzene rings is 1. The van der Waals surface area contributed by atoms with E-state index in [-0.39, 0.29) is 6.10 Å². The number of fused-ring (bicyclic) bond motifs is 1. The Kier molecular flexibility index (Phi) is 3.23. The van der Waals surface area contributed by atoms with Gasteiger partial charge in [-0.25, -0.2) is 0 Å². The number of nitrogen functional groups attached to an aromatic ring is 1. The third-order valence-corrected chi connectivity index (χ3v) is 4.07. The first-order valence-corrected chi connectivity index (χ1v) is 6.81. The van der Waals surface area contributed by atoms with E-state index in [1.807, 2.05) is 31.2 Å². The van der Waals surface area contributed by atoms with Crippen molar-refractivity contribution < 1.29 is 9.84 Å². The number of hydrogen-bond donors (Lipinski definition) is 3. The molecule has 5 heteroatoms. The van der Waals surface area contributed by atoms with Gasteiger partial charge in [-0.1, -0.05) is 0 Å². The molecule has 1 saturated heterocycles. The first kappa shape index (κ1) is 13.1. The van der Waals surface area contributed by atoms with E-state index in [0.717, 1.165) is 16.6 Å². The molecular weight excluding hydrogens is 254 g/mol. The topological polar surface area (TPSA) is 80.4 Å². The molecule has 0 aliphatic carbocycles. The minimum atomic E-state index is -0.837. The molecule has 0 saturated carbocycles. The number of rotatable bonds is 3. The van der Waals surface area contributed by atoms with E-state index < -0.39 is 5.60 Å². The summed E-state index contributed by atoms with van der Waals surface area (Å²) in [5.41, 5.74) is 7.67. The van der Waals surface area contributed by atoms with Crippen molar-refractivity contribution in [2.45, 2.75) is 25.0 Å². The second-order valence-corrected chi connectivity index (χ2v) is 5.32. The number of aliphatic hydroxyl groups is 1. The number of aromatic nitrogens is 1. The van der Waals surface area contributed by atoms with E-state index in [9.17, 15) is 5.11 Å². The summed E-state index contributed by atoms with van der Waals surface area (Å²) in [4.78, 5) is 4.27. The zero-order chi connectivity index (χ0) is 14.2. The average molecular weight is 273 g/mol. The molecule has 1 aromatic carbocycles. The molecule has 4 N–H and O–H groups in total. The molecule has 1 aliphatic rings. The number of anilines is 2. The zero-order valence-corrected chi connectivity index (χ0v) is 11.5. The maximum absolute atomic E-state index is 10.5. The van der Waals surface area contributed by atoms with Crippen LogP contribution in [-0.2, 0) is 4.74 Å². The molecule has 5 nitrogen and oxygen atoms in total. The molecule has 0 amide bonds. The van der Waals surface area contributed by atoms with Crippen LogP contribution in [-0.4, -0.2) is 34.9 Å². The molecule has 2 heterocycles. The fourth-order valence-corrected chi connectivity index (χ4v) is 2.58. The summed E-state index contributed by atoms with van der Waals surface area (Å²) in [5.74, 6) is 0. The van der Waals surface area contributed by atoms with Gasteiger partial charge in [0.15, 0.2) is 0 Å². The van der Waals surface area contributed by atoms with Crippen LogP contribution >= 0.6 is 0 Å². The smallest absolute Gasteiger partial charge is 0.110 e. The standard InChI is InChI=1S/C15H19N3O2/c1-10-15(19,6-8-20-10)9-18-13-5-4-12-11(14(13)16)3-2-7-17-12/h2-5,7,10,18-19H,6,8-9,16H2,1H3. The third kappa shape index (κ3) is 2.19. The second-order valence-electron chi connectivity index (χ2n) is 5.32. The normalized spacial score (nSPS) is 26.0. The molecule has 2 atom stereocenters. The van der Waals surface area contributed by atoms with E-state index in [4.69, 9.17) is 10.5 Å². The van der Waals surface area contributed by atoms with Gasteiger partial charge < -0.3 is 20.9 Å². The Hall–Kier alpha value is -1.85. The van der Waals surface area contributed by atoms with Crippen LogP contribution in [0, 0.1) is 0 Å². The lowest BCUT2D eigenvalue weighted by atomic mass is 9.96. The highest BCUT2D eigenvalue weighted by molar-refractivity contribution is 5.96. The molecular formula is C15H19N3O2. The lowest BCUT2D eigenvalue weighted by Gasteiger charge is -2.27. The molecule has 1 aromatic heterocycles. The van der Waals surface area contributed by atoms with Crippen molar-refractivity contribution in [1.29, 1.82) is 0 Å². The van der Waals surface area contributed by atoms with E-state index in [0.29, 0.717) is 25.3 Å². The number of pyridine rings is 1. The van der Waals surface area contributed by atoms with Crippen LogP contribution in [0.1, 0.15) is 13.3 Å². The highest BCUT2D eigenvalue weighted by Crippen LogP contribution is 2.30. The van der Waals surface area contributed by atoms with E-state index in [1.54, 1.807) is 6.20 Å². The van der Waals surface area contributed by atoms with Crippen molar-refractivity contribution in [2.24, 2.45) is 0 Å². The number of hydrogen-bond acceptors (Lipinski definition) is 5. The van der Waals surface area contributed by atoms with Crippen molar-refractivity contribution >= 4 is 22.3 Å². The Balaban J connectivity index is 1.83. The summed E-state index contributed by atoms with van der Waals surface area (Å²) in [6.07, 6.45) is 2.21. The number of nitrogens with zero attached hydrogens (tertiary/aromatic N) is 1. The Bertz CT molecular complexity index is 632. The van der Waals surface area contributed by atoms with E-state index >= 15 is 0 Å². The van der Waals surface area contributed by atoms with E-state index in [2.05, 4.69) is 10.3 Å². The lowest BCUT2D eigenvalue weighted by Crippen LogP contribution is -2.43. The highest BCUT2D eigenvalue weighted by Gasteiger charge is 2.39. The van der Waals surface area contributed by atoms with Crippen LogP contribution in [0.2, 0.25) is 0 Å². The van der Waals surface area contributed by atoms with Gasteiger partial charge in [-0.05, 0) is 31.2 Å². The SMILES string of the molecule is CC1OCCC1(O)CNc1ccc2ncccc2c1N. The van der Waals surface area contributed by atoms with Gasteiger partial charge in [0.25, 0.3) is 0 Å². The third-order valence-electron chi connectivity index (χ3n) is 4.07. The summed E-state index contributed by atoms with van der Waals surface area (Å²) < 4.78 is 5.43. The molecule has 0 radical (unpaired) electrons. The monoisotopic (exact) mass is 273 g/mol. The quantitative estimate of drug-likeness (QED) is 0.743. The average Bonchev–Trinajstić information content (AvgIpc) is 2.79. The molecule has 20 heavy (non-hydrogen) atoms. The van der Waals surface area contributed by atoms with Crippen molar-refractivity contribution in [3.05, 3.63) is 30.5 Å². The first-order chi connectivity index (χ1) is 9.60. The van der Waals surface area contributed by atoms with Gasteiger partial charge >= 0.3 is 0 Å². The molecule has 2 unspecified atom stereocenters. The summed E-state index contributed by atoms with van der Waals surface area (Å²) >= 11 is 0. The van der Waals surface area contributed by atoms with Crippen molar-refractivity contribution in [2.75, 3.05) is 24.2 Å². The maximum atomic E-state index is 10.5. The molecule has 1 aliphatic heterocycles. The Morgan fingerprint density at radius 3 is 3.10 bits per heavy atom. The summed E-state index contributed by atoms with van der Waals surface area (Å²) in [5, 5.41) is 14.6. The Morgan fingerprint density at radius 1 is 1.50 bits per heavy atom. The zero-order valence-electron chi connectivity index (χ0n) is 11.5. The van der Waals surface area contributed by atoms with Gasteiger partial charge in [0.1, 0.15) is 5.60 Å². The van der Waals surface area contributed by atoms with Crippen LogP contribution in [0.15, 0.2) is 30.5 Å². The molecule has 3 rings (SSSR count). The first-order valence-electron chi connectivity index (χ1n) is 6.81. The summed E-state index contributed by atoms with van der Waals surface area (Å²) in [6, 6.07) is 7.63. The highest BCUT2D eigenvalue weighted by atomic mass is 16.5. The number of nitrogens with two attached hydrogens (primary N) is 1. The fraction of sp³-hybridized carbons (Fsp3) is 0.400. The number of nitrogens with one attached hydrogen (secondary N) is 1. The summed E-state index contributed by atoms with van der Waals surface area (Å²) in [7, 11) is 0. The van der Waals surface area contributed by atoms with Gasteiger partial charge in [-0.15, -0.1) is 0 Å². The van der Waals surface area contributed by atoms with Crippen LogP contribution in [0.4, 0.5) is 11.4 Å². The van der Waals surface area contributed by atoms with Gasteiger partial charge in [0, 0.05) is 31.2 Å². The molecule has 106 valence electrons. The Morgan fingerprint density at radius 2 is 2.35 bits per heavy atom. The van der Waals surface area contributed by atoms with Crippen molar-refractivity contribution in [3.63, 3.8) is 0 Å². The minimum absolute atomic E-state index is 0.168. The van der Waals surface area contributed by atoms with Crippen LogP contribution in [0.3, 0.4) is 0 Å². The van der Waals surface area contributed by atoms with Crippen LogP contribution in [0.25, 0.3) is 10.9 Å². The minimum Gasteiger partial charge on any atom is -0.397 e. The Labute approximate surface area is 117 Å².